The van der Waals surface area contributed by atoms with Crippen LogP contribution in [0, 0.1) is 0 Å². The Labute approximate surface area is 167 Å². The predicted octanol–water partition coefficient (Wildman–Crippen LogP) is 4.47. The number of hydrogen-bond acceptors (Lipinski definition) is 5. The van der Waals surface area contributed by atoms with Crippen LogP contribution in [0.15, 0.2) is 72.7 Å². The van der Waals surface area contributed by atoms with Crippen LogP contribution in [0.25, 0.3) is 17.0 Å². The third-order valence-corrected chi connectivity index (χ3v) is 5.22. The second-order valence-corrected chi connectivity index (χ2v) is 7.09. The largest absolute Gasteiger partial charge is 0.494 e. The molecule has 0 radical (unpaired) electrons. The summed E-state index contributed by atoms with van der Waals surface area (Å²) in [7, 11) is 0. The average Bonchev–Trinajstić information content (AvgIpc) is 3.31. The molecule has 7 heteroatoms. The molecule has 4 rings (SSSR count). The Balaban J connectivity index is 1.56. The number of pyridine rings is 1. The maximum atomic E-state index is 5.52. The molecule has 142 valence electrons. The molecular weight excluding hydrogens is 370 g/mol. The first kappa shape index (κ1) is 18.3. The van der Waals surface area contributed by atoms with E-state index in [-0.39, 0.29) is 0 Å². The first-order valence-corrected chi connectivity index (χ1v) is 10.1. The van der Waals surface area contributed by atoms with Crippen molar-refractivity contribution in [3.05, 3.63) is 73.2 Å². The van der Waals surface area contributed by atoms with Crippen molar-refractivity contribution in [3.8, 4) is 17.1 Å². The zero-order chi connectivity index (χ0) is 19.3. The molecule has 6 nitrogen and oxygen atoms in total. The van der Waals surface area contributed by atoms with E-state index >= 15 is 0 Å². The maximum absolute atomic E-state index is 5.52. The lowest BCUT2D eigenvalue weighted by Crippen LogP contribution is -2.01. The number of allylic oxidation sites excluding steroid dienone is 1. The fourth-order valence-electron chi connectivity index (χ4n) is 2.96. The summed E-state index contributed by atoms with van der Waals surface area (Å²) in [4.78, 5) is 4.65. The minimum Gasteiger partial charge on any atom is -0.494 e. The number of rotatable bonds is 8. The van der Waals surface area contributed by atoms with E-state index in [1.807, 2.05) is 72.3 Å². The first-order valence-electron chi connectivity index (χ1n) is 9.11. The number of ether oxygens (including phenoxy) is 1. The van der Waals surface area contributed by atoms with Crippen molar-refractivity contribution in [2.24, 2.45) is 0 Å². The first-order chi connectivity index (χ1) is 13.8. The van der Waals surface area contributed by atoms with Crippen LogP contribution in [0.4, 0.5) is 0 Å². The van der Waals surface area contributed by atoms with Gasteiger partial charge in [-0.25, -0.2) is 4.98 Å². The molecule has 0 bridgehead atoms. The summed E-state index contributed by atoms with van der Waals surface area (Å²) in [5.41, 5.74) is 2.95. The summed E-state index contributed by atoms with van der Waals surface area (Å²) < 4.78 is 9.62. The van der Waals surface area contributed by atoms with Crippen LogP contribution in [0.3, 0.4) is 0 Å². The van der Waals surface area contributed by atoms with Crippen LogP contribution in [-0.2, 0) is 12.3 Å². The number of benzene rings is 1. The van der Waals surface area contributed by atoms with E-state index in [1.54, 1.807) is 11.8 Å². The lowest BCUT2D eigenvalue weighted by molar-refractivity contribution is 0.340. The van der Waals surface area contributed by atoms with Gasteiger partial charge in [0.2, 0.25) is 0 Å². The lowest BCUT2D eigenvalue weighted by atomic mass is 10.2. The molecule has 0 aliphatic rings. The average molecular weight is 392 g/mol. The highest BCUT2D eigenvalue weighted by Gasteiger charge is 2.14. The number of thioether (sulfide) groups is 1. The highest BCUT2D eigenvalue weighted by molar-refractivity contribution is 7.98. The number of imidazole rings is 1. The van der Waals surface area contributed by atoms with E-state index in [0.717, 1.165) is 39.4 Å². The van der Waals surface area contributed by atoms with Crippen LogP contribution in [-0.4, -0.2) is 30.8 Å². The fraction of sp³-hybridized carbons (Fsp3) is 0.190. The third-order valence-electron chi connectivity index (χ3n) is 4.22. The van der Waals surface area contributed by atoms with Gasteiger partial charge in [0.1, 0.15) is 11.4 Å². The van der Waals surface area contributed by atoms with Gasteiger partial charge in [-0.15, -0.1) is 16.8 Å². The SMILES string of the molecule is C=CCn1c(SCc2cn3ccccc3n2)nnc1-c1ccc(OCC)cc1. The predicted molar refractivity (Wildman–Crippen MR) is 112 cm³/mol. The summed E-state index contributed by atoms with van der Waals surface area (Å²) >= 11 is 1.62. The Bertz CT molecular complexity index is 1050. The lowest BCUT2D eigenvalue weighted by Gasteiger charge is -2.08. The van der Waals surface area contributed by atoms with Crippen molar-refractivity contribution in [1.82, 2.24) is 24.1 Å². The van der Waals surface area contributed by atoms with Crippen molar-refractivity contribution in [2.75, 3.05) is 6.61 Å². The van der Waals surface area contributed by atoms with Gasteiger partial charge in [-0.3, -0.25) is 4.57 Å². The Morgan fingerprint density at radius 1 is 1.14 bits per heavy atom. The summed E-state index contributed by atoms with van der Waals surface area (Å²) in [5.74, 6) is 2.39. The third kappa shape index (κ3) is 3.80. The molecule has 0 aliphatic carbocycles. The molecule has 0 N–H and O–H groups in total. The van der Waals surface area contributed by atoms with Gasteiger partial charge < -0.3 is 9.14 Å². The molecule has 0 fully saturated rings. The quantitative estimate of drug-likeness (QED) is 0.328. The molecule has 0 unspecified atom stereocenters. The van der Waals surface area contributed by atoms with Crippen LogP contribution < -0.4 is 4.74 Å². The second kappa shape index (κ2) is 8.31. The summed E-state index contributed by atoms with van der Waals surface area (Å²) in [5, 5.41) is 9.66. The minimum atomic E-state index is 0.642. The summed E-state index contributed by atoms with van der Waals surface area (Å²) in [6, 6.07) is 13.9. The van der Waals surface area contributed by atoms with E-state index in [2.05, 4.69) is 26.3 Å². The van der Waals surface area contributed by atoms with Gasteiger partial charge in [0, 0.05) is 30.3 Å². The standard InChI is InChI=1S/C21H21N5OS/c1-3-12-26-20(16-8-10-18(11-9-16)27-4-2)23-24-21(26)28-15-17-14-25-13-6-5-7-19(25)22-17/h3,5-11,13-14H,1,4,12,15H2,2H3. The molecule has 3 heterocycles. The monoisotopic (exact) mass is 391 g/mol. The van der Waals surface area contributed by atoms with E-state index in [0.29, 0.717) is 13.2 Å². The minimum absolute atomic E-state index is 0.642. The van der Waals surface area contributed by atoms with E-state index < -0.39 is 0 Å². The van der Waals surface area contributed by atoms with E-state index in [4.69, 9.17) is 4.74 Å². The van der Waals surface area contributed by atoms with Crippen LogP contribution in [0.5, 0.6) is 5.75 Å². The van der Waals surface area contributed by atoms with Gasteiger partial charge in [-0.2, -0.15) is 0 Å². The van der Waals surface area contributed by atoms with Crippen molar-refractivity contribution in [2.45, 2.75) is 24.4 Å². The van der Waals surface area contributed by atoms with Crippen molar-refractivity contribution >= 4 is 17.4 Å². The number of aromatic nitrogens is 5. The fourth-order valence-corrected chi connectivity index (χ4v) is 3.80. The van der Waals surface area contributed by atoms with Gasteiger partial charge in [0.05, 0.1) is 12.3 Å². The summed E-state index contributed by atoms with van der Waals surface area (Å²) in [6.45, 7) is 7.14. The smallest absolute Gasteiger partial charge is 0.192 e. The van der Waals surface area contributed by atoms with Crippen molar-refractivity contribution < 1.29 is 4.74 Å². The van der Waals surface area contributed by atoms with Crippen LogP contribution in [0.1, 0.15) is 12.6 Å². The highest BCUT2D eigenvalue weighted by Crippen LogP contribution is 2.27. The molecule has 0 spiro atoms. The second-order valence-electron chi connectivity index (χ2n) is 6.15. The Kier molecular flexibility index (Phi) is 5.43. The molecule has 28 heavy (non-hydrogen) atoms. The van der Waals surface area contributed by atoms with E-state index in [9.17, 15) is 0 Å². The molecule has 1 aromatic carbocycles. The Morgan fingerprint density at radius 3 is 2.75 bits per heavy atom. The zero-order valence-electron chi connectivity index (χ0n) is 15.7. The van der Waals surface area contributed by atoms with Gasteiger partial charge in [0.15, 0.2) is 11.0 Å². The number of nitrogens with zero attached hydrogens (tertiary/aromatic N) is 5. The van der Waals surface area contributed by atoms with Gasteiger partial charge in [-0.1, -0.05) is 23.9 Å². The van der Waals surface area contributed by atoms with E-state index in [1.165, 1.54) is 0 Å². The molecule has 0 amide bonds. The molecule has 4 aromatic rings. The van der Waals surface area contributed by atoms with Crippen molar-refractivity contribution in [1.29, 1.82) is 0 Å². The van der Waals surface area contributed by atoms with Gasteiger partial charge >= 0.3 is 0 Å². The summed E-state index contributed by atoms with van der Waals surface area (Å²) in [6.07, 6.45) is 5.90. The molecule has 0 atom stereocenters. The number of hydrogen-bond donors (Lipinski definition) is 0. The molecular formula is C21H21N5OS. The normalized spacial score (nSPS) is 11.0. The maximum Gasteiger partial charge on any atom is 0.192 e. The van der Waals surface area contributed by atoms with Crippen molar-refractivity contribution in [3.63, 3.8) is 0 Å². The van der Waals surface area contributed by atoms with Crippen LogP contribution in [0.2, 0.25) is 0 Å². The Morgan fingerprint density at radius 2 is 2.00 bits per heavy atom. The van der Waals surface area contributed by atoms with Gasteiger partial charge in [-0.05, 0) is 43.3 Å². The topological polar surface area (TPSA) is 57.2 Å². The molecule has 0 saturated heterocycles. The van der Waals surface area contributed by atoms with Crippen LogP contribution >= 0.6 is 11.8 Å². The number of fused-ring (bicyclic) bond motifs is 1. The Hall–Kier alpha value is -3.06. The highest BCUT2D eigenvalue weighted by atomic mass is 32.2. The molecule has 0 saturated carbocycles. The zero-order valence-corrected chi connectivity index (χ0v) is 16.5. The van der Waals surface area contributed by atoms with Gasteiger partial charge in [0.25, 0.3) is 0 Å². The molecule has 3 aromatic heterocycles. The molecule has 0 aliphatic heterocycles.